The van der Waals surface area contributed by atoms with Crippen LogP contribution in [-0.4, -0.2) is 42.7 Å². The molecule has 0 aliphatic carbocycles. The van der Waals surface area contributed by atoms with Crippen molar-refractivity contribution in [1.82, 2.24) is 5.32 Å². The van der Waals surface area contributed by atoms with Crippen molar-refractivity contribution in [1.29, 1.82) is 0 Å². The topological polar surface area (TPSA) is 70.9 Å². The van der Waals surface area contributed by atoms with E-state index in [-0.39, 0.29) is 0 Å². The molecule has 2 N–H and O–H groups in total. The standard InChI is InChI=1S/C7H12N2O.C2HF3O2/c1-3-8-5-6(1)7-2-4-10-9-7;3-2(4,5)1(6)7/h6,8H,1-5H2;(H,6,7). The summed E-state index contributed by atoms with van der Waals surface area (Å²) in [5, 5.41) is 14.4. The number of halogens is 3. The average Bonchev–Trinajstić information content (AvgIpc) is 2.90. The highest BCUT2D eigenvalue weighted by Crippen LogP contribution is 2.16. The lowest BCUT2D eigenvalue weighted by Crippen LogP contribution is -2.21. The van der Waals surface area contributed by atoms with E-state index in [9.17, 15) is 13.2 Å². The van der Waals surface area contributed by atoms with E-state index in [4.69, 9.17) is 14.7 Å². The SMILES string of the molecule is C1CC(C2=NOCC2)CN1.O=C(O)C(F)(F)F. The summed E-state index contributed by atoms with van der Waals surface area (Å²) in [6.07, 6.45) is -2.80. The molecule has 17 heavy (non-hydrogen) atoms. The second kappa shape index (κ2) is 5.85. The van der Waals surface area contributed by atoms with Crippen molar-refractivity contribution in [3.05, 3.63) is 0 Å². The Morgan fingerprint density at radius 3 is 2.53 bits per heavy atom. The van der Waals surface area contributed by atoms with Crippen molar-refractivity contribution in [2.24, 2.45) is 11.1 Å². The number of carboxylic acids is 1. The van der Waals surface area contributed by atoms with Gasteiger partial charge in [0.15, 0.2) is 0 Å². The number of nitrogens with one attached hydrogen (secondary N) is 1. The molecule has 0 aromatic rings. The molecule has 0 radical (unpaired) electrons. The van der Waals surface area contributed by atoms with Crippen LogP contribution in [0.1, 0.15) is 12.8 Å². The van der Waals surface area contributed by atoms with Crippen LogP contribution in [0, 0.1) is 5.92 Å². The minimum absolute atomic E-state index is 0.669. The molecule has 2 aliphatic heterocycles. The van der Waals surface area contributed by atoms with Crippen molar-refractivity contribution >= 4 is 11.7 Å². The molecule has 1 fully saturated rings. The molecular formula is C9H13F3N2O3. The van der Waals surface area contributed by atoms with Crippen molar-refractivity contribution in [2.75, 3.05) is 19.7 Å². The second-order valence-electron chi connectivity index (χ2n) is 3.66. The number of alkyl halides is 3. The van der Waals surface area contributed by atoms with E-state index in [1.54, 1.807) is 0 Å². The third kappa shape index (κ3) is 4.59. The molecule has 0 aromatic heterocycles. The fourth-order valence-electron chi connectivity index (χ4n) is 1.54. The highest BCUT2D eigenvalue weighted by molar-refractivity contribution is 5.87. The molecule has 98 valence electrons. The van der Waals surface area contributed by atoms with Crippen LogP contribution in [-0.2, 0) is 9.63 Å². The summed E-state index contributed by atoms with van der Waals surface area (Å²) in [5.74, 6) is -2.09. The minimum Gasteiger partial charge on any atom is -0.475 e. The summed E-state index contributed by atoms with van der Waals surface area (Å²) >= 11 is 0. The van der Waals surface area contributed by atoms with E-state index < -0.39 is 12.1 Å². The predicted octanol–water partition coefficient (Wildman–Crippen LogP) is 1.01. The van der Waals surface area contributed by atoms with Crippen LogP contribution in [0.5, 0.6) is 0 Å². The predicted molar refractivity (Wildman–Crippen MR) is 52.7 cm³/mol. The molecular weight excluding hydrogens is 241 g/mol. The second-order valence-corrected chi connectivity index (χ2v) is 3.66. The maximum absolute atomic E-state index is 10.6. The van der Waals surface area contributed by atoms with Gasteiger partial charge in [0.05, 0.1) is 5.71 Å². The number of hydrogen-bond acceptors (Lipinski definition) is 4. The van der Waals surface area contributed by atoms with Crippen molar-refractivity contribution < 1.29 is 27.9 Å². The van der Waals surface area contributed by atoms with Gasteiger partial charge in [0.2, 0.25) is 0 Å². The summed E-state index contributed by atoms with van der Waals surface area (Å²) < 4.78 is 31.7. The molecule has 2 rings (SSSR count). The van der Waals surface area contributed by atoms with Gasteiger partial charge < -0.3 is 15.3 Å². The van der Waals surface area contributed by atoms with Gasteiger partial charge in [0.1, 0.15) is 6.61 Å². The van der Waals surface area contributed by atoms with E-state index in [0.717, 1.165) is 26.1 Å². The van der Waals surface area contributed by atoms with Gasteiger partial charge in [-0.3, -0.25) is 0 Å². The number of aliphatic carboxylic acids is 1. The molecule has 8 heteroatoms. The maximum atomic E-state index is 10.6. The zero-order valence-corrected chi connectivity index (χ0v) is 8.96. The first kappa shape index (κ1) is 13.8. The molecule has 0 saturated carbocycles. The number of rotatable bonds is 1. The number of carboxylic acid groups (broad SMARTS) is 1. The third-order valence-electron chi connectivity index (χ3n) is 2.41. The summed E-state index contributed by atoms with van der Waals surface area (Å²) in [5.41, 5.74) is 1.27. The maximum Gasteiger partial charge on any atom is 0.490 e. The zero-order valence-electron chi connectivity index (χ0n) is 8.96. The summed E-state index contributed by atoms with van der Waals surface area (Å²) in [7, 11) is 0. The Labute approximate surface area is 95.6 Å². The van der Waals surface area contributed by atoms with Gasteiger partial charge in [-0.15, -0.1) is 0 Å². The number of nitrogens with zero attached hydrogens (tertiary/aromatic N) is 1. The zero-order chi connectivity index (χ0) is 12.9. The molecule has 1 unspecified atom stereocenters. The van der Waals surface area contributed by atoms with E-state index in [1.807, 2.05) is 0 Å². The highest BCUT2D eigenvalue weighted by Gasteiger charge is 2.38. The van der Waals surface area contributed by atoms with Crippen LogP contribution in [0.4, 0.5) is 13.2 Å². The smallest absolute Gasteiger partial charge is 0.475 e. The Morgan fingerprint density at radius 1 is 1.53 bits per heavy atom. The first-order valence-corrected chi connectivity index (χ1v) is 5.11. The van der Waals surface area contributed by atoms with Crippen LogP contribution in [0.25, 0.3) is 0 Å². The monoisotopic (exact) mass is 254 g/mol. The first-order valence-electron chi connectivity index (χ1n) is 5.11. The fraction of sp³-hybridized carbons (Fsp3) is 0.778. The highest BCUT2D eigenvalue weighted by atomic mass is 19.4. The van der Waals surface area contributed by atoms with Gasteiger partial charge in [0.25, 0.3) is 0 Å². The van der Waals surface area contributed by atoms with Gasteiger partial charge in [-0.1, -0.05) is 5.16 Å². The Morgan fingerprint density at radius 2 is 2.18 bits per heavy atom. The van der Waals surface area contributed by atoms with Gasteiger partial charge in [-0.25, -0.2) is 4.79 Å². The molecule has 2 heterocycles. The van der Waals surface area contributed by atoms with Crippen LogP contribution < -0.4 is 5.32 Å². The summed E-state index contributed by atoms with van der Waals surface area (Å²) in [6, 6.07) is 0. The summed E-state index contributed by atoms with van der Waals surface area (Å²) in [4.78, 5) is 13.8. The first-order chi connectivity index (χ1) is 7.91. The lowest BCUT2D eigenvalue weighted by atomic mass is 10.0. The Bertz CT molecular complexity index is 298. The summed E-state index contributed by atoms with van der Waals surface area (Å²) in [6.45, 7) is 3.04. The average molecular weight is 254 g/mol. The van der Waals surface area contributed by atoms with E-state index >= 15 is 0 Å². The Balaban J connectivity index is 0.000000185. The number of hydrogen-bond donors (Lipinski definition) is 2. The van der Waals surface area contributed by atoms with Crippen LogP contribution >= 0.6 is 0 Å². The van der Waals surface area contributed by atoms with Gasteiger partial charge in [-0.05, 0) is 13.0 Å². The lowest BCUT2D eigenvalue weighted by molar-refractivity contribution is -0.192. The lowest BCUT2D eigenvalue weighted by Gasteiger charge is -2.03. The van der Waals surface area contributed by atoms with E-state index in [0.29, 0.717) is 5.92 Å². The minimum atomic E-state index is -5.08. The number of oxime groups is 1. The van der Waals surface area contributed by atoms with Crippen LogP contribution in [0.3, 0.4) is 0 Å². The molecule has 0 bridgehead atoms. The molecule has 5 nitrogen and oxygen atoms in total. The number of carbonyl (C=O) groups is 1. The molecule has 1 atom stereocenters. The largest absolute Gasteiger partial charge is 0.490 e. The fourth-order valence-corrected chi connectivity index (χ4v) is 1.54. The van der Waals surface area contributed by atoms with E-state index in [1.165, 1.54) is 12.1 Å². The molecule has 1 saturated heterocycles. The van der Waals surface area contributed by atoms with E-state index in [2.05, 4.69) is 10.5 Å². The molecule has 0 aromatic carbocycles. The third-order valence-corrected chi connectivity index (χ3v) is 2.41. The Hall–Kier alpha value is -1.31. The van der Waals surface area contributed by atoms with Crippen LogP contribution in [0.2, 0.25) is 0 Å². The Kier molecular flexibility index (Phi) is 4.73. The normalized spacial score (nSPS) is 23.5. The van der Waals surface area contributed by atoms with Gasteiger partial charge in [0, 0.05) is 18.9 Å². The van der Waals surface area contributed by atoms with Crippen molar-refractivity contribution in [2.45, 2.75) is 19.0 Å². The molecule has 0 spiro atoms. The molecule has 0 amide bonds. The van der Waals surface area contributed by atoms with Crippen molar-refractivity contribution in [3.63, 3.8) is 0 Å². The van der Waals surface area contributed by atoms with Gasteiger partial charge >= 0.3 is 12.1 Å². The quantitative estimate of drug-likeness (QED) is 0.732. The molecule has 2 aliphatic rings. The van der Waals surface area contributed by atoms with Gasteiger partial charge in [-0.2, -0.15) is 13.2 Å². The van der Waals surface area contributed by atoms with Crippen molar-refractivity contribution in [3.8, 4) is 0 Å². The van der Waals surface area contributed by atoms with Crippen LogP contribution in [0.15, 0.2) is 5.16 Å².